The van der Waals surface area contributed by atoms with Crippen molar-refractivity contribution in [1.82, 2.24) is 15.3 Å². The molecule has 0 saturated heterocycles. The number of methoxy groups -OCH3 is 1. The van der Waals surface area contributed by atoms with Gasteiger partial charge in [-0.05, 0) is 48.6 Å². The number of benzene rings is 1. The third-order valence-electron chi connectivity index (χ3n) is 4.90. The number of hydrogen-bond donors (Lipinski definition) is 2. The molecule has 4 rings (SSSR count). The third kappa shape index (κ3) is 3.12. The predicted molar refractivity (Wildman–Crippen MR) is 94.9 cm³/mol. The second-order valence-electron chi connectivity index (χ2n) is 6.59. The number of carbonyl (C=O) groups excluding carboxylic acids is 2. The van der Waals surface area contributed by atoms with Crippen LogP contribution in [0.25, 0.3) is 0 Å². The summed E-state index contributed by atoms with van der Waals surface area (Å²) in [6.07, 6.45) is 5.06. The Morgan fingerprint density at radius 1 is 1.38 bits per heavy atom. The van der Waals surface area contributed by atoms with Gasteiger partial charge in [-0.3, -0.25) is 9.59 Å². The van der Waals surface area contributed by atoms with E-state index in [1.165, 1.54) is 5.56 Å². The molecule has 0 saturated carbocycles. The van der Waals surface area contributed by atoms with Crippen LogP contribution in [0.15, 0.2) is 24.4 Å². The molecule has 1 aromatic heterocycles. The summed E-state index contributed by atoms with van der Waals surface area (Å²) in [6, 6.07) is 5.32. The van der Waals surface area contributed by atoms with Crippen molar-refractivity contribution in [3.63, 3.8) is 0 Å². The van der Waals surface area contributed by atoms with Crippen LogP contribution in [0.4, 0.5) is 5.69 Å². The average Bonchev–Trinajstić information content (AvgIpc) is 3.12. The van der Waals surface area contributed by atoms with Gasteiger partial charge in [0.2, 0.25) is 11.8 Å². The lowest BCUT2D eigenvalue weighted by Gasteiger charge is -2.25. The van der Waals surface area contributed by atoms with Crippen molar-refractivity contribution in [2.45, 2.75) is 38.1 Å². The summed E-state index contributed by atoms with van der Waals surface area (Å²) < 4.78 is 5.24. The number of carbonyl (C=O) groups is 2. The molecule has 0 radical (unpaired) electrons. The smallest absolute Gasteiger partial charge is 0.228 e. The summed E-state index contributed by atoms with van der Waals surface area (Å²) in [5.74, 6) is 0.322. The maximum atomic E-state index is 12.7. The van der Waals surface area contributed by atoms with Crippen LogP contribution < -0.4 is 15.4 Å². The van der Waals surface area contributed by atoms with E-state index in [1.54, 1.807) is 25.3 Å². The lowest BCUT2D eigenvalue weighted by molar-refractivity contribution is -0.126. The summed E-state index contributed by atoms with van der Waals surface area (Å²) in [5.41, 5.74) is 3.69. The van der Waals surface area contributed by atoms with Gasteiger partial charge in [-0.25, -0.2) is 9.97 Å². The molecule has 7 nitrogen and oxygen atoms in total. The van der Waals surface area contributed by atoms with Crippen molar-refractivity contribution in [3.05, 3.63) is 47.0 Å². The third-order valence-corrected chi connectivity index (χ3v) is 4.90. The Kier molecular flexibility index (Phi) is 4.28. The van der Waals surface area contributed by atoms with E-state index >= 15 is 0 Å². The van der Waals surface area contributed by atoms with Crippen molar-refractivity contribution >= 4 is 17.5 Å². The molecular weight excluding hydrogens is 332 g/mol. The van der Waals surface area contributed by atoms with Gasteiger partial charge < -0.3 is 15.4 Å². The molecule has 1 unspecified atom stereocenters. The number of nitrogens with one attached hydrogen (secondary N) is 2. The van der Waals surface area contributed by atoms with Gasteiger partial charge in [0.05, 0.1) is 19.6 Å². The number of aromatic nitrogens is 2. The molecule has 0 bridgehead atoms. The summed E-state index contributed by atoms with van der Waals surface area (Å²) in [7, 11) is 1.57. The van der Waals surface area contributed by atoms with Gasteiger partial charge in [0.25, 0.3) is 0 Å². The largest absolute Gasteiger partial charge is 0.497 e. The van der Waals surface area contributed by atoms with Crippen molar-refractivity contribution in [1.29, 1.82) is 0 Å². The zero-order valence-electron chi connectivity index (χ0n) is 14.5. The first-order valence-electron chi connectivity index (χ1n) is 8.73. The normalized spacial score (nSPS) is 17.9. The van der Waals surface area contributed by atoms with Crippen LogP contribution in [-0.2, 0) is 29.0 Å². The maximum Gasteiger partial charge on any atom is 0.228 e. The van der Waals surface area contributed by atoms with E-state index in [2.05, 4.69) is 20.6 Å². The van der Waals surface area contributed by atoms with Gasteiger partial charge >= 0.3 is 0 Å². The molecular formula is C19H20N4O3. The molecule has 0 spiro atoms. The van der Waals surface area contributed by atoms with Crippen LogP contribution in [0, 0.1) is 0 Å². The van der Waals surface area contributed by atoms with Gasteiger partial charge in [0.15, 0.2) is 0 Å². The lowest BCUT2D eigenvalue weighted by atomic mass is 9.89. The molecule has 1 aliphatic heterocycles. The van der Waals surface area contributed by atoms with Crippen molar-refractivity contribution in [3.8, 4) is 5.75 Å². The first-order chi connectivity index (χ1) is 12.6. The van der Waals surface area contributed by atoms with Crippen molar-refractivity contribution in [2.75, 3.05) is 12.4 Å². The average molecular weight is 352 g/mol. The summed E-state index contributed by atoms with van der Waals surface area (Å²) in [6.45, 7) is 0.254. The van der Waals surface area contributed by atoms with E-state index in [-0.39, 0.29) is 24.8 Å². The fraction of sp³-hybridized carbons (Fsp3) is 0.368. The highest BCUT2D eigenvalue weighted by atomic mass is 16.5. The van der Waals surface area contributed by atoms with E-state index in [4.69, 9.17) is 4.74 Å². The first kappa shape index (κ1) is 16.5. The Hall–Kier alpha value is -2.96. The van der Waals surface area contributed by atoms with Gasteiger partial charge in [-0.15, -0.1) is 0 Å². The van der Waals surface area contributed by atoms with Gasteiger partial charge in [-0.2, -0.15) is 0 Å². The standard InChI is InChI=1S/C19H20N4O3/c1-26-12-5-6-16-13(7-12)14(8-18(24)23-16)19(25)21-10-17-20-9-11-3-2-4-15(11)22-17/h5-7,9,14H,2-4,8,10H2,1H3,(H,21,25)(H,23,24). The minimum Gasteiger partial charge on any atom is -0.497 e. The quantitative estimate of drug-likeness (QED) is 0.874. The molecule has 2 amide bonds. The van der Waals surface area contributed by atoms with Crippen molar-refractivity contribution < 1.29 is 14.3 Å². The Labute approximate surface area is 151 Å². The number of amides is 2. The highest BCUT2D eigenvalue weighted by molar-refractivity contribution is 6.01. The number of nitrogens with zero attached hydrogens (tertiary/aromatic N) is 2. The maximum absolute atomic E-state index is 12.7. The van der Waals surface area contributed by atoms with E-state index < -0.39 is 5.92 Å². The predicted octanol–water partition coefficient (Wildman–Crippen LogP) is 1.72. The lowest BCUT2D eigenvalue weighted by Crippen LogP contribution is -2.35. The van der Waals surface area contributed by atoms with Crippen LogP contribution in [0.3, 0.4) is 0 Å². The van der Waals surface area contributed by atoms with Gasteiger partial charge in [0.1, 0.15) is 11.6 Å². The van der Waals surface area contributed by atoms with Crippen LogP contribution in [-0.4, -0.2) is 28.9 Å². The topological polar surface area (TPSA) is 93.2 Å². The monoisotopic (exact) mass is 352 g/mol. The summed E-state index contributed by atoms with van der Waals surface area (Å²) >= 11 is 0. The van der Waals surface area contributed by atoms with E-state index in [1.807, 2.05) is 6.20 Å². The number of anilines is 1. The van der Waals surface area contributed by atoms with Crippen molar-refractivity contribution in [2.24, 2.45) is 0 Å². The Morgan fingerprint density at radius 2 is 2.27 bits per heavy atom. The first-order valence-corrected chi connectivity index (χ1v) is 8.73. The zero-order chi connectivity index (χ0) is 18.1. The summed E-state index contributed by atoms with van der Waals surface area (Å²) in [4.78, 5) is 33.5. The Bertz CT molecular complexity index is 881. The molecule has 2 aliphatic rings. The number of fused-ring (bicyclic) bond motifs is 2. The molecule has 1 aliphatic carbocycles. The minimum absolute atomic E-state index is 0.108. The summed E-state index contributed by atoms with van der Waals surface area (Å²) in [5, 5.41) is 5.67. The Balaban J connectivity index is 1.50. The fourth-order valence-corrected chi connectivity index (χ4v) is 3.53. The number of ether oxygens (including phenoxy) is 1. The van der Waals surface area contributed by atoms with Crippen LogP contribution in [0.2, 0.25) is 0 Å². The molecule has 2 heterocycles. The fourth-order valence-electron chi connectivity index (χ4n) is 3.53. The van der Waals surface area contributed by atoms with E-state index in [0.29, 0.717) is 17.3 Å². The second kappa shape index (κ2) is 6.74. The van der Waals surface area contributed by atoms with Crippen LogP contribution in [0.1, 0.15) is 41.4 Å². The van der Waals surface area contributed by atoms with E-state index in [9.17, 15) is 9.59 Å². The van der Waals surface area contributed by atoms with Gasteiger partial charge in [0, 0.05) is 24.0 Å². The molecule has 2 N–H and O–H groups in total. The molecule has 0 fully saturated rings. The molecule has 2 aromatic rings. The number of rotatable bonds is 4. The second-order valence-corrected chi connectivity index (χ2v) is 6.59. The molecule has 1 atom stereocenters. The molecule has 1 aromatic carbocycles. The highest BCUT2D eigenvalue weighted by Gasteiger charge is 2.31. The Morgan fingerprint density at radius 3 is 3.12 bits per heavy atom. The van der Waals surface area contributed by atoms with Crippen LogP contribution in [0.5, 0.6) is 5.75 Å². The zero-order valence-corrected chi connectivity index (χ0v) is 14.5. The molecule has 26 heavy (non-hydrogen) atoms. The molecule has 134 valence electrons. The molecule has 7 heteroatoms. The van der Waals surface area contributed by atoms with Crippen LogP contribution >= 0.6 is 0 Å². The highest BCUT2D eigenvalue weighted by Crippen LogP contribution is 2.35. The number of aryl methyl sites for hydroxylation is 2. The van der Waals surface area contributed by atoms with Gasteiger partial charge in [-0.1, -0.05) is 0 Å². The van der Waals surface area contributed by atoms with E-state index in [0.717, 1.165) is 30.5 Å². The minimum atomic E-state index is -0.553. The SMILES string of the molecule is COc1ccc2c(c1)C(C(=O)NCc1ncc3c(n1)CCC3)CC(=O)N2. The number of hydrogen-bond acceptors (Lipinski definition) is 5.